The number of amides is 1. The molecular formula is C19H23N2O4+. The molecule has 0 atom stereocenters. The lowest BCUT2D eigenvalue weighted by molar-refractivity contribution is -0.729. The largest absolute Gasteiger partial charge is 0.483 e. The van der Waals surface area contributed by atoms with Gasteiger partial charge in [-0.2, -0.15) is 0 Å². The summed E-state index contributed by atoms with van der Waals surface area (Å²) in [6, 6.07) is 10.5. The summed E-state index contributed by atoms with van der Waals surface area (Å²) in [6.45, 7) is 7.75. The number of carbonyl (C=O) groups is 1. The minimum absolute atomic E-state index is 0.0441. The van der Waals surface area contributed by atoms with Gasteiger partial charge in [0.1, 0.15) is 5.75 Å². The molecule has 0 aromatic heterocycles. The first kappa shape index (κ1) is 18.4. The Balaban J connectivity index is 2.08. The summed E-state index contributed by atoms with van der Waals surface area (Å²) >= 11 is 0. The number of rotatable bonds is 6. The highest BCUT2D eigenvalue weighted by molar-refractivity contribution is 5.93. The molecule has 25 heavy (non-hydrogen) atoms. The van der Waals surface area contributed by atoms with Gasteiger partial charge in [-0.05, 0) is 42.5 Å². The van der Waals surface area contributed by atoms with Crippen LogP contribution in [0.4, 0.5) is 11.4 Å². The van der Waals surface area contributed by atoms with Crippen molar-refractivity contribution in [2.45, 2.75) is 33.6 Å². The average Bonchev–Trinajstić information content (AvgIpc) is 2.54. The van der Waals surface area contributed by atoms with Crippen molar-refractivity contribution in [1.29, 1.82) is 0 Å². The number of nitrogens with one attached hydrogen (secondary N) is 1. The van der Waals surface area contributed by atoms with Crippen LogP contribution >= 0.6 is 0 Å². The van der Waals surface area contributed by atoms with E-state index in [1.165, 1.54) is 12.1 Å². The van der Waals surface area contributed by atoms with Gasteiger partial charge in [0.05, 0.1) is 10.6 Å². The third kappa shape index (κ3) is 4.79. The maximum atomic E-state index is 12.2. The van der Waals surface area contributed by atoms with Crippen molar-refractivity contribution in [3.05, 3.63) is 58.0 Å². The number of hydrogen-bond donors (Lipinski definition) is 2. The van der Waals surface area contributed by atoms with E-state index in [9.17, 15) is 9.70 Å². The predicted octanol–water partition coefficient (Wildman–Crippen LogP) is 4.24. The van der Waals surface area contributed by atoms with Crippen LogP contribution in [0.2, 0.25) is 0 Å². The zero-order valence-electron chi connectivity index (χ0n) is 14.9. The van der Waals surface area contributed by atoms with Crippen molar-refractivity contribution in [2.75, 3.05) is 11.9 Å². The minimum Gasteiger partial charge on any atom is -0.483 e. The fraction of sp³-hybridized carbons (Fsp3) is 0.316. The van der Waals surface area contributed by atoms with Crippen molar-refractivity contribution >= 4 is 17.3 Å². The van der Waals surface area contributed by atoms with Gasteiger partial charge in [0, 0.05) is 12.1 Å². The topological polar surface area (TPSA) is 78.6 Å². The third-order valence-corrected chi connectivity index (χ3v) is 3.87. The Bertz CT molecular complexity index is 800. The Morgan fingerprint density at radius 2 is 1.92 bits per heavy atom. The molecule has 0 aliphatic heterocycles. The molecule has 0 saturated carbocycles. The smallest absolute Gasteiger partial charge is 0.318 e. The molecule has 2 aromatic carbocycles. The summed E-state index contributed by atoms with van der Waals surface area (Å²) in [4.78, 5) is 22.9. The van der Waals surface area contributed by atoms with Gasteiger partial charge in [0.15, 0.2) is 6.61 Å². The molecule has 0 spiro atoms. The molecule has 6 nitrogen and oxygen atoms in total. The molecular weight excluding hydrogens is 320 g/mol. The molecule has 0 radical (unpaired) electrons. The molecule has 2 N–H and O–H groups in total. The first-order chi connectivity index (χ1) is 11.8. The minimum atomic E-state index is -0.341. The van der Waals surface area contributed by atoms with Crippen molar-refractivity contribution in [2.24, 2.45) is 0 Å². The number of benzene rings is 2. The summed E-state index contributed by atoms with van der Waals surface area (Å²) in [5.74, 6) is 0.633. The van der Waals surface area contributed by atoms with Crippen LogP contribution in [-0.4, -0.2) is 22.6 Å². The van der Waals surface area contributed by atoms with E-state index < -0.39 is 0 Å². The SMILES string of the molecule is Cc1ccc(C(C)C)c(OCC(=O)Nc2cc([N+](=O)O)ccc2C)c1. The van der Waals surface area contributed by atoms with Crippen LogP contribution in [0, 0.1) is 18.8 Å². The van der Waals surface area contributed by atoms with Crippen LogP contribution < -0.4 is 10.1 Å². The van der Waals surface area contributed by atoms with Gasteiger partial charge in [-0.1, -0.05) is 32.0 Å². The maximum Gasteiger partial charge on any atom is 0.318 e. The van der Waals surface area contributed by atoms with Crippen LogP contribution in [0.3, 0.4) is 0 Å². The number of carbonyl (C=O) groups excluding carboxylic acids is 1. The summed E-state index contributed by atoms with van der Waals surface area (Å²) in [5.41, 5.74) is 3.37. The first-order valence-electron chi connectivity index (χ1n) is 8.08. The van der Waals surface area contributed by atoms with Crippen molar-refractivity contribution in [3.63, 3.8) is 0 Å². The predicted molar refractivity (Wildman–Crippen MR) is 95.6 cm³/mol. The summed E-state index contributed by atoms with van der Waals surface area (Å²) in [7, 11) is 0. The second kappa shape index (κ2) is 7.79. The van der Waals surface area contributed by atoms with Crippen LogP contribution in [0.5, 0.6) is 5.75 Å². The van der Waals surface area contributed by atoms with E-state index in [-0.39, 0.29) is 29.0 Å². The molecule has 2 rings (SSSR count). The Kier molecular flexibility index (Phi) is 5.75. The van der Waals surface area contributed by atoms with Crippen LogP contribution in [0.15, 0.2) is 36.4 Å². The van der Waals surface area contributed by atoms with Gasteiger partial charge in [0.25, 0.3) is 10.8 Å². The molecule has 6 heteroatoms. The van der Waals surface area contributed by atoms with Gasteiger partial charge >= 0.3 is 5.69 Å². The lowest BCUT2D eigenvalue weighted by Crippen LogP contribution is -2.21. The van der Waals surface area contributed by atoms with Gasteiger partial charge in [-0.15, -0.1) is 0 Å². The van der Waals surface area contributed by atoms with Gasteiger partial charge in [0.2, 0.25) is 0 Å². The van der Waals surface area contributed by atoms with Crippen LogP contribution in [0.1, 0.15) is 36.5 Å². The molecule has 0 aliphatic rings. The standard InChI is InChI=1S/C19H22N2O4/c1-12(2)16-8-5-13(3)9-18(16)25-11-19(22)20-17-10-15(21(23)24)7-6-14(17)4/h5-10,12H,11H2,1-4H3,(H-,20,22,23,24)/p+1. The highest BCUT2D eigenvalue weighted by Gasteiger charge is 2.15. The molecule has 0 bridgehead atoms. The molecule has 0 saturated heterocycles. The number of anilines is 1. The molecule has 132 valence electrons. The van der Waals surface area contributed by atoms with E-state index in [0.717, 1.165) is 16.7 Å². The lowest BCUT2D eigenvalue weighted by Gasteiger charge is -2.15. The van der Waals surface area contributed by atoms with Crippen molar-refractivity contribution < 1.29 is 19.7 Å². The van der Waals surface area contributed by atoms with Gasteiger partial charge in [-0.3, -0.25) is 4.79 Å². The Hall–Kier alpha value is -2.89. The van der Waals surface area contributed by atoms with E-state index in [0.29, 0.717) is 11.4 Å². The van der Waals surface area contributed by atoms with Crippen LogP contribution in [0.25, 0.3) is 0 Å². The zero-order chi connectivity index (χ0) is 18.6. The zero-order valence-corrected chi connectivity index (χ0v) is 14.9. The highest BCUT2D eigenvalue weighted by atomic mass is 16.6. The number of aryl methyl sites for hydroxylation is 2. The van der Waals surface area contributed by atoms with Crippen LogP contribution in [-0.2, 0) is 4.79 Å². The van der Waals surface area contributed by atoms with E-state index in [1.54, 1.807) is 13.0 Å². The average molecular weight is 343 g/mol. The lowest BCUT2D eigenvalue weighted by atomic mass is 10.0. The Labute approximate surface area is 147 Å². The summed E-state index contributed by atoms with van der Waals surface area (Å²) < 4.78 is 5.70. The maximum absolute atomic E-state index is 12.2. The molecule has 0 fully saturated rings. The quantitative estimate of drug-likeness (QED) is 0.769. The molecule has 0 unspecified atom stereocenters. The van der Waals surface area contributed by atoms with E-state index in [1.807, 2.05) is 25.1 Å². The molecule has 1 amide bonds. The van der Waals surface area contributed by atoms with Crippen molar-refractivity contribution in [3.8, 4) is 5.75 Å². The molecule has 0 heterocycles. The fourth-order valence-electron chi connectivity index (χ4n) is 2.44. The second-order valence-electron chi connectivity index (χ2n) is 6.30. The van der Waals surface area contributed by atoms with E-state index in [4.69, 9.17) is 9.94 Å². The van der Waals surface area contributed by atoms with E-state index in [2.05, 4.69) is 19.2 Å². The number of ether oxygens (including phenoxy) is 1. The fourth-order valence-corrected chi connectivity index (χ4v) is 2.44. The van der Waals surface area contributed by atoms with Gasteiger partial charge < -0.3 is 10.1 Å². The van der Waals surface area contributed by atoms with Crippen molar-refractivity contribution in [1.82, 2.24) is 0 Å². The Morgan fingerprint density at radius 3 is 2.56 bits per heavy atom. The monoisotopic (exact) mass is 343 g/mol. The van der Waals surface area contributed by atoms with E-state index >= 15 is 0 Å². The number of hydrogen-bond acceptors (Lipinski definition) is 3. The summed E-state index contributed by atoms with van der Waals surface area (Å²) in [6.07, 6.45) is 0. The third-order valence-electron chi connectivity index (χ3n) is 3.87. The summed E-state index contributed by atoms with van der Waals surface area (Å²) in [5, 5.41) is 11.7. The Morgan fingerprint density at radius 1 is 1.20 bits per heavy atom. The highest BCUT2D eigenvalue weighted by Crippen LogP contribution is 2.27. The molecule has 0 aliphatic carbocycles. The molecule has 2 aromatic rings. The van der Waals surface area contributed by atoms with Gasteiger partial charge in [-0.25, -0.2) is 5.21 Å². The number of nitrogens with zero attached hydrogens (tertiary/aromatic N) is 1. The second-order valence-corrected chi connectivity index (χ2v) is 6.30. The first-order valence-corrected chi connectivity index (χ1v) is 8.08. The normalized spacial score (nSPS) is 10.6.